The molecular formula is C21H18F2N2O2S. The summed E-state index contributed by atoms with van der Waals surface area (Å²) < 4.78 is 26.9. The van der Waals surface area contributed by atoms with E-state index in [1.54, 1.807) is 42.5 Å². The van der Waals surface area contributed by atoms with Crippen molar-refractivity contribution in [3.8, 4) is 10.4 Å². The number of hydrogen-bond donors (Lipinski definition) is 2. The van der Waals surface area contributed by atoms with Crippen molar-refractivity contribution >= 4 is 23.2 Å². The van der Waals surface area contributed by atoms with E-state index < -0.39 is 0 Å². The Labute approximate surface area is 165 Å². The third-order valence-corrected chi connectivity index (χ3v) is 5.07. The van der Waals surface area contributed by atoms with Gasteiger partial charge in [0.15, 0.2) is 0 Å². The van der Waals surface area contributed by atoms with Gasteiger partial charge in [0.1, 0.15) is 11.6 Å². The number of halogens is 2. The van der Waals surface area contributed by atoms with Gasteiger partial charge in [0, 0.05) is 23.5 Å². The van der Waals surface area contributed by atoms with Crippen LogP contribution in [-0.2, 0) is 11.2 Å². The lowest BCUT2D eigenvalue weighted by molar-refractivity contribution is -0.120. The van der Waals surface area contributed by atoms with Crippen LogP contribution in [0.2, 0.25) is 0 Å². The first-order chi connectivity index (χ1) is 13.5. The lowest BCUT2D eigenvalue weighted by Gasteiger charge is -2.06. The summed E-state index contributed by atoms with van der Waals surface area (Å²) in [4.78, 5) is 25.2. The lowest BCUT2D eigenvalue weighted by atomic mass is 10.1. The van der Waals surface area contributed by atoms with E-state index in [-0.39, 0.29) is 43.0 Å². The van der Waals surface area contributed by atoms with Gasteiger partial charge >= 0.3 is 0 Å². The Kier molecular flexibility index (Phi) is 6.49. The third kappa shape index (κ3) is 5.23. The maximum absolute atomic E-state index is 13.8. The van der Waals surface area contributed by atoms with Crippen LogP contribution in [0.15, 0.2) is 60.7 Å². The Balaban J connectivity index is 1.45. The third-order valence-electron chi connectivity index (χ3n) is 3.96. The molecule has 0 bridgehead atoms. The molecule has 1 heterocycles. The molecule has 1 aromatic heterocycles. The van der Waals surface area contributed by atoms with Gasteiger partial charge in [0.05, 0.1) is 11.3 Å². The van der Waals surface area contributed by atoms with Crippen LogP contribution in [0, 0.1) is 11.6 Å². The number of benzene rings is 2. The minimum atomic E-state index is -0.386. The molecule has 2 N–H and O–H groups in total. The maximum atomic E-state index is 13.8. The fourth-order valence-corrected chi connectivity index (χ4v) is 3.58. The Morgan fingerprint density at radius 2 is 1.68 bits per heavy atom. The van der Waals surface area contributed by atoms with Crippen molar-refractivity contribution in [1.82, 2.24) is 10.6 Å². The van der Waals surface area contributed by atoms with Crippen molar-refractivity contribution in [1.29, 1.82) is 0 Å². The van der Waals surface area contributed by atoms with Gasteiger partial charge in [-0.1, -0.05) is 30.3 Å². The van der Waals surface area contributed by atoms with Crippen LogP contribution in [0.5, 0.6) is 0 Å². The van der Waals surface area contributed by atoms with Gasteiger partial charge in [-0.3, -0.25) is 9.59 Å². The molecular weight excluding hydrogens is 382 g/mol. The summed E-state index contributed by atoms with van der Waals surface area (Å²) >= 11 is 1.20. The molecule has 0 aliphatic carbocycles. The van der Waals surface area contributed by atoms with Gasteiger partial charge in [0.25, 0.3) is 5.91 Å². The summed E-state index contributed by atoms with van der Waals surface area (Å²) in [5, 5.41) is 5.38. The predicted octanol–water partition coefficient (Wildman–Crippen LogP) is 3.78. The summed E-state index contributed by atoms with van der Waals surface area (Å²) in [6, 6.07) is 15.6. The van der Waals surface area contributed by atoms with Crippen molar-refractivity contribution in [3.05, 3.63) is 82.7 Å². The summed E-state index contributed by atoms with van der Waals surface area (Å²) in [7, 11) is 0. The molecule has 4 nitrogen and oxygen atoms in total. The number of amides is 2. The zero-order valence-corrected chi connectivity index (χ0v) is 15.7. The first kappa shape index (κ1) is 19.7. The standard InChI is InChI=1S/C21H18F2N2O2S/c22-15-5-3-4-14(12-15)13-20(26)24-10-11-25-21(27)19-9-8-18(28-19)16-6-1-2-7-17(16)23/h1-9,12H,10-11,13H2,(H,24,26)(H,25,27). The van der Waals surface area contributed by atoms with E-state index in [1.165, 1.54) is 29.5 Å². The van der Waals surface area contributed by atoms with Gasteiger partial charge in [-0.2, -0.15) is 0 Å². The summed E-state index contributed by atoms with van der Waals surface area (Å²) in [5.41, 5.74) is 1.04. The second-order valence-electron chi connectivity index (χ2n) is 6.06. The molecule has 0 unspecified atom stereocenters. The average molecular weight is 400 g/mol. The Morgan fingerprint density at radius 1 is 0.893 bits per heavy atom. The molecule has 2 aromatic carbocycles. The lowest BCUT2D eigenvalue weighted by Crippen LogP contribution is -2.35. The largest absolute Gasteiger partial charge is 0.354 e. The van der Waals surface area contributed by atoms with Gasteiger partial charge in [-0.15, -0.1) is 11.3 Å². The second kappa shape index (κ2) is 9.23. The minimum Gasteiger partial charge on any atom is -0.354 e. The molecule has 0 atom stereocenters. The highest BCUT2D eigenvalue weighted by Crippen LogP contribution is 2.29. The van der Waals surface area contributed by atoms with E-state index in [2.05, 4.69) is 10.6 Å². The summed E-state index contributed by atoms with van der Waals surface area (Å²) in [6.07, 6.45) is 0.0721. The van der Waals surface area contributed by atoms with Crippen molar-refractivity contribution in [2.24, 2.45) is 0 Å². The SMILES string of the molecule is O=C(Cc1cccc(F)c1)NCCNC(=O)c1ccc(-c2ccccc2F)s1. The number of hydrogen-bond acceptors (Lipinski definition) is 3. The van der Waals surface area contributed by atoms with Crippen LogP contribution < -0.4 is 10.6 Å². The quantitative estimate of drug-likeness (QED) is 0.593. The van der Waals surface area contributed by atoms with Gasteiger partial charge in [0.2, 0.25) is 5.91 Å². The van der Waals surface area contributed by atoms with Crippen LogP contribution in [0.4, 0.5) is 8.78 Å². The van der Waals surface area contributed by atoms with Gasteiger partial charge in [-0.05, 0) is 35.9 Å². The number of nitrogens with one attached hydrogen (secondary N) is 2. The van der Waals surface area contributed by atoms with Crippen molar-refractivity contribution in [2.45, 2.75) is 6.42 Å². The zero-order valence-electron chi connectivity index (χ0n) is 14.9. The van der Waals surface area contributed by atoms with Crippen molar-refractivity contribution < 1.29 is 18.4 Å². The smallest absolute Gasteiger partial charge is 0.261 e. The van der Waals surface area contributed by atoms with Gasteiger partial charge < -0.3 is 10.6 Å². The molecule has 0 saturated heterocycles. The predicted molar refractivity (Wildman–Crippen MR) is 105 cm³/mol. The summed E-state index contributed by atoms with van der Waals surface area (Å²) in [5.74, 6) is -1.26. The first-order valence-corrected chi connectivity index (χ1v) is 9.48. The van der Waals surface area contributed by atoms with E-state index >= 15 is 0 Å². The minimum absolute atomic E-state index is 0.0721. The topological polar surface area (TPSA) is 58.2 Å². The maximum Gasteiger partial charge on any atom is 0.261 e. The highest BCUT2D eigenvalue weighted by Gasteiger charge is 2.12. The molecule has 0 aliphatic heterocycles. The van der Waals surface area contributed by atoms with E-state index in [9.17, 15) is 18.4 Å². The molecule has 0 radical (unpaired) electrons. The normalized spacial score (nSPS) is 10.5. The van der Waals surface area contributed by atoms with Crippen LogP contribution in [0.3, 0.4) is 0 Å². The van der Waals surface area contributed by atoms with E-state index in [4.69, 9.17) is 0 Å². The fourth-order valence-electron chi connectivity index (χ4n) is 2.63. The van der Waals surface area contributed by atoms with Gasteiger partial charge in [-0.25, -0.2) is 8.78 Å². The number of carbonyl (C=O) groups is 2. The first-order valence-electron chi connectivity index (χ1n) is 8.67. The van der Waals surface area contributed by atoms with E-state index in [0.717, 1.165) is 0 Å². The molecule has 0 fully saturated rings. The second-order valence-corrected chi connectivity index (χ2v) is 7.14. The zero-order chi connectivity index (χ0) is 19.9. The molecule has 7 heteroatoms. The van der Waals surface area contributed by atoms with Crippen molar-refractivity contribution in [2.75, 3.05) is 13.1 Å². The monoisotopic (exact) mass is 400 g/mol. The molecule has 144 valence electrons. The molecule has 0 aliphatic rings. The highest BCUT2D eigenvalue weighted by molar-refractivity contribution is 7.17. The van der Waals surface area contributed by atoms with Crippen LogP contribution in [-0.4, -0.2) is 24.9 Å². The highest BCUT2D eigenvalue weighted by atomic mass is 32.1. The fraction of sp³-hybridized carbons (Fsp3) is 0.143. The Morgan fingerprint density at radius 3 is 2.46 bits per heavy atom. The van der Waals surface area contributed by atoms with Crippen LogP contribution in [0.25, 0.3) is 10.4 Å². The molecule has 0 saturated carbocycles. The van der Waals surface area contributed by atoms with E-state index in [1.807, 2.05) is 0 Å². The van der Waals surface area contributed by atoms with Crippen LogP contribution >= 0.6 is 11.3 Å². The number of rotatable bonds is 7. The molecule has 2 amide bonds. The number of thiophene rings is 1. The molecule has 3 aromatic rings. The Hall–Kier alpha value is -3.06. The number of carbonyl (C=O) groups excluding carboxylic acids is 2. The molecule has 28 heavy (non-hydrogen) atoms. The van der Waals surface area contributed by atoms with E-state index in [0.29, 0.717) is 20.9 Å². The average Bonchev–Trinajstić information content (AvgIpc) is 3.15. The van der Waals surface area contributed by atoms with Crippen molar-refractivity contribution in [3.63, 3.8) is 0 Å². The molecule has 3 rings (SSSR count). The van der Waals surface area contributed by atoms with Crippen LogP contribution in [0.1, 0.15) is 15.2 Å². The Bertz CT molecular complexity index is 988. The molecule has 0 spiro atoms. The summed E-state index contributed by atoms with van der Waals surface area (Å²) in [6.45, 7) is 0.506.